The van der Waals surface area contributed by atoms with Crippen molar-refractivity contribution in [2.45, 2.75) is 38.6 Å². The van der Waals surface area contributed by atoms with Crippen LogP contribution in [0.5, 0.6) is 0 Å². The van der Waals surface area contributed by atoms with Gasteiger partial charge in [-0.3, -0.25) is 9.59 Å². The SMILES string of the molecule is CCOC(=O)c1ccc(N2C(=O)C[C@H]([NH+]3CCC(Cc4ccccc4)CC3)C2=O)cc1. The van der Waals surface area contributed by atoms with Crippen molar-refractivity contribution in [2.75, 3.05) is 24.6 Å². The van der Waals surface area contributed by atoms with E-state index in [1.807, 2.05) is 6.07 Å². The molecule has 2 fully saturated rings. The molecule has 0 radical (unpaired) electrons. The van der Waals surface area contributed by atoms with Gasteiger partial charge in [0.05, 0.1) is 37.4 Å². The molecule has 0 bridgehead atoms. The highest BCUT2D eigenvalue weighted by atomic mass is 16.5. The summed E-state index contributed by atoms with van der Waals surface area (Å²) in [7, 11) is 0. The zero-order chi connectivity index (χ0) is 21.8. The molecule has 0 aromatic heterocycles. The predicted octanol–water partition coefficient (Wildman–Crippen LogP) is 2.03. The molecular weight excluding hydrogens is 392 g/mol. The third-order valence-corrected chi connectivity index (χ3v) is 6.39. The van der Waals surface area contributed by atoms with E-state index in [9.17, 15) is 14.4 Å². The lowest BCUT2D eigenvalue weighted by Gasteiger charge is -2.32. The first-order valence-electron chi connectivity index (χ1n) is 11.1. The van der Waals surface area contributed by atoms with Crippen LogP contribution in [-0.2, 0) is 20.7 Å². The Bertz CT molecular complexity index is 934. The van der Waals surface area contributed by atoms with Gasteiger partial charge in [0.25, 0.3) is 5.91 Å². The fourth-order valence-corrected chi connectivity index (χ4v) is 4.73. The summed E-state index contributed by atoms with van der Waals surface area (Å²) in [5, 5.41) is 0. The number of carbonyl (C=O) groups is 3. The number of ether oxygens (including phenoxy) is 1. The van der Waals surface area contributed by atoms with Crippen LogP contribution in [0.25, 0.3) is 0 Å². The smallest absolute Gasteiger partial charge is 0.338 e. The van der Waals surface area contributed by atoms with Gasteiger partial charge in [-0.15, -0.1) is 0 Å². The van der Waals surface area contributed by atoms with E-state index in [0.717, 1.165) is 32.4 Å². The summed E-state index contributed by atoms with van der Waals surface area (Å²) < 4.78 is 4.99. The average molecular weight is 422 g/mol. The maximum absolute atomic E-state index is 13.1. The van der Waals surface area contributed by atoms with Crippen LogP contribution in [0.3, 0.4) is 0 Å². The Kier molecular flexibility index (Phi) is 6.47. The van der Waals surface area contributed by atoms with Crippen molar-refractivity contribution in [3.05, 3.63) is 65.7 Å². The van der Waals surface area contributed by atoms with Gasteiger partial charge in [-0.05, 0) is 61.9 Å². The van der Waals surface area contributed by atoms with Gasteiger partial charge >= 0.3 is 5.97 Å². The first-order chi connectivity index (χ1) is 15.1. The van der Waals surface area contributed by atoms with E-state index in [4.69, 9.17) is 4.74 Å². The first-order valence-corrected chi connectivity index (χ1v) is 11.1. The van der Waals surface area contributed by atoms with Crippen LogP contribution in [0.2, 0.25) is 0 Å². The molecule has 6 heteroatoms. The molecule has 0 aliphatic carbocycles. The Morgan fingerprint density at radius 1 is 1.03 bits per heavy atom. The Labute approximate surface area is 182 Å². The molecule has 0 unspecified atom stereocenters. The van der Waals surface area contributed by atoms with E-state index < -0.39 is 5.97 Å². The number of hydrogen-bond acceptors (Lipinski definition) is 4. The van der Waals surface area contributed by atoms with Crippen LogP contribution in [0.4, 0.5) is 5.69 Å². The van der Waals surface area contributed by atoms with Crippen LogP contribution < -0.4 is 9.80 Å². The van der Waals surface area contributed by atoms with Crippen LogP contribution in [0.1, 0.15) is 42.1 Å². The topological polar surface area (TPSA) is 68.1 Å². The summed E-state index contributed by atoms with van der Waals surface area (Å²) in [5.41, 5.74) is 2.29. The highest BCUT2D eigenvalue weighted by molar-refractivity contribution is 6.22. The average Bonchev–Trinajstić information content (AvgIpc) is 3.09. The van der Waals surface area contributed by atoms with E-state index in [1.165, 1.54) is 15.4 Å². The summed E-state index contributed by atoms with van der Waals surface area (Å²) in [5.74, 6) is -0.0816. The van der Waals surface area contributed by atoms with Gasteiger partial charge in [0, 0.05) is 0 Å². The molecule has 2 aromatic rings. The van der Waals surface area contributed by atoms with Crippen molar-refractivity contribution in [3.63, 3.8) is 0 Å². The minimum absolute atomic E-state index is 0.134. The van der Waals surface area contributed by atoms with Gasteiger partial charge in [0.15, 0.2) is 6.04 Å². The van der Waals surface area contributed by atoms with Crippen molar-refractivity contribution >= 4 is 23.5 Å². The van der Waals surface area contributed by atoms with Crippen molar-refractivity contribution in [1.29, 1.82) is 0 Å². The molecule has 2 amide bonds. The fourth-order valence-electron chi connectivity index (χ4n) is 4.73. The molecule has 2 saturated heterocycles. The molecule has 2 aromatic carbocycles. The van der Waals surface area contributed by atoms with Crippen LogP contribution in [0, 0.1) is 5.92 Å². The zero-order valence-electron chi connectivity index (χ0n) is 17.9. The number of nitrogens with zero attached hydrogens (tertiary/aromatic N) is 1. The minimum Gasteiger partial charge on any atom is -0.462 e. The number of rotatable bonds is 6. The lowest BCUT2D eigenvalue weighted by Crippen LogP contribution is -3.17. The Morgan fingerprint density at radius 2 is 1.71 bits per heavy atom. The van der Waals surface area contributed by atoms with Crippen molar-refractivity contribution < 1.29 is 24.0 Å². The second-order valence-corrected chi connectivity index (χ2v) is 8.38. The number of esters is 1. The summed E-state index contributed by atoms with van der Waals surface area (Å²) in [6, 6.07) is 16.7. The Morgan fingerprint density at radius 3 is 2.35 bits per heavy atom. The first kappa shape index (κ1) is 21.2. The number of likely N-dealkylation sites (tertiary alicyclic amines) is 1. The number of amides is 2. The third-order valence-electron chi connectivity index (χ3n) is 6.39. The number of nitrogens with one attached hydrogen (secondary N) is 1. The number of imide groups is 1. The van der Waals surface area contributed by atoms with Crippen molar-refractivity contribution in [2.24, 2.45) is 5.92 Å². The summed E-state index contributed by atoms with van der Waals surface area (Å²) >= 11 is 0. The van der Waals surface area contributed by atoms with Crippen LogP contribution >= 0.6 is 0 Å². The quantitative estimate of drug-likeness (QED) is 0.573. The van der Waals surface area contributed by atoms with Gasteiger partial charge in [0.1, 0.15) is 0 Å². The molecule has 0 saturated carbocycles. The largest absolute Gasteiger partial charge is 0.462 e. The molecular formula is C25H29N2O4+. The molecule has 4 rings (SSSR count). The van der Waals surface area contributed by atoms with E-state index in [-0.39, 0.29) is 24.3 Å². The van der Waals surface area contributed by atoms with E-state index >= 15 is 0 Å². The highest BCUT2D eigenvalue weighted by Crippen LogP contribution is 2.24. The molecule has 162 valence electrons. The van der Waals surface area contributed by atoms with Gasteiger partial charge in [0.2, 0.25) is 5.91 Å². The number of hydrogen-bond donors (Lipinski definition) is 1. The molecule has 1 N–H and O–H groups in total. The van der Waals surface area contributed by atoms with E-state index in [1.54, 1.807) is 31.2 Å². The number of carbonyl (C=O) groups excluding carboxylic acids is 3. The molecule has 2 aliphatic heterocycles. The van der Waals surface area contributed by atoms with E-state index in [0.29, 0.717) is 23.8 Å². The number of piperidine rings is 1. The lowest BCUT2D eigenvalue weighted by molar-refractivity contribution is -0.920. The standard InChI is InChI=1S/C25H28N2O4/c1-2-31-25(30)20-8-10-21(11-9-20)27-23(28)17-22(24(27)29)26-14-12-19(13-15-26)16-18-6-4-3-5-7-18/h3-11,19,22H,2,12-17H2,1H3/p+1/t22-/m0/s1. The van der Waals surface area contributed by atoms with Gasteiger partial charge in [-0.1, -0.05) is 30.3 Å². The van der Waals surface area contributed by atoms with Gasteiger partial charge in [-0.2, -0.15) is 0 Å². The normalized spacial score (nSPS) is 23.8. The maximum Gasteiger partial charge on any atom is 0.338 e. The van der Waals surface area contributed by atoms with Crippen molar-refractivity contribution in [1.82, 2.24) is 0 Å². The number of quaternary nitrogens is 1. The molecule has 1 atom stereocenters. The molecule has 2 aliphatic rings. The monoisotopic (exact) mass is 421 g/mol. The molecule has 6 nitrogen and oxygen atoms in total. The predicted molar refractivity (Wildman–Crippen MR) is 117 cm³/mol. The van der Waals surface area contributed by atoms with Gasteiger partial charge in [-0.25, -0.2) is 9.69 Å². The molecule has 2 heterocycles. The minimum atomic E-state index is -0.409. The summed E-state index contributed by atoms with van der Waals surface area (Å²) in [4.78, 5) is 40.1. The second-order valence-electron chi connectivity index (χ2n) is 8.38. The van der Waals surface area contributed by atoms with Crippen molar-refractivity contribution in [3.8, 4) is 0 Å². The van der Waals surface area contributed by atoms with Crippen LogP contribution in [-0.4, -0.2) is 43.5 Å². The Balaban J connectivity index is 1.37. The molecule has 0 spiro atoms. The van der Waals surface area contributed by atoms with E-state index in [2.05, 4.69) is 24.3 Å². The Hall–Kier alpha value is -2.99. The zero-order valence-corrected chi connectivity index (χ0v) is 17.9. The summed E-state index contributed by atoms with van der Waals surface area (Å²) in [6.45, 7) is 3.88. The fraction of sp³-hybridized carbons (Fsp3) is 0.400. The third kappa shape index (κ3) is 4.69. The lowest BCUT2D eigenvalue weighted by atomic mass is 9.89. The second kappa shape index (κ2) is 9.43. The number of benzene rings is 2. The van der Waals surface area contributed by atoms with Gasteiger partial charge < -0.3 is 9.64 Å². The summed E-state index contributed by atoms with van der Waals surface area (Å²) in [6.07, 6.45) is 3.45. The molecule has 31 heavy (non-hydrogen) atoms. The highest BCUT2D eigenvalue weighted by Gasteiger charge is 2.46. The van der Waals surface area contributed by atoms with Crippen LogP contribution in [0.15, 0.2) is 54.6 Å². The maximum atomic E-state index is 13.1. The number of anilines is 1.